The van der Waals surface area contributed by atoms with E-state index in [0.717, 1.165) is 17.0 Å². The van der Waals surface area contributed by atoms with Crippen LogP contribution in [0.5, 0.6) is 17.2 Å². The first-order valence-corrected chi connectivity index (χ1v) is 7.45. The van der Waals surface area contributed by atoms with Gasteiger partial charge in [0, 0.05) is 18.3 Å². The average Bonchev–Trinajstić information content (AvgIpc) is 2.49. The number of anilines is 1. The van der Waals surface area contributed by atoms with E-state index in [1.807, 2.05) is 37.3 Å². The largest absolute Gasteiger partial charge is 0.503 e. The first-order chi connectivity index (χ1) is 10.1. The molecule has 0 radical (unpaired) electrons. The van der Waals surface area contributed by atoms with Gasteiger partial charge in [-0.15, -0.1) is 0 Å². The summed E-state index contributed by atoms with van der Waals surface area (Å²) in [6, 6.07) is 11.5. The monoisotopic (exact) mass is 351 g/mol. The number of phenols is 1. The minimum Gasteiger partial charge on any atom is -0.503 e. The second-order valence-corrected chi connectivity index (χ2v) is 5.30. The molecule has 0 aromatic heterocycles. The third-order valence-corrected chi connectivity index (χ3v) is 3.55. The minimum absolute atomic E-state index is 0.111. The maximum absolute atomic E-state index is 9.79. The zero-order valence-electron chi connectivity index (χ0n) is 12.0. The Morgan fingerprint density at radius 1 is 1.24 bits per heavy atom. The van der Waals surface area contributed by atoms with E-state index >= 15 is 0 Å². The van der Waals surface area contributed by atoms with Crippen molar-refractivity contribution in [3.8, 4) is 17.2 Å². The number of hydrogen-bond donors (Lipinski definition) is 2. The number of methoxy groups -OCH3 is 1. The van der Waals surface area contributed by atoms with E-state index in [1.54, 1.807) is 6.07 Å². The van der Waals surface area contributed by atoms with E-state index in [-0.39, 0.29) is 5.75 Å². The van der Waals surface area contributed by atoms with Crippen LogP contribution in [0.25, 0.3) is 0 Å². The molecular formula is C16H18BrNO3. The summed E-state index contributed by atoms with van der Waals surface area (Å²) >= 11 is 3.32. The van der Waals surface area contributed by atoms with Gasteiger partial charge in [-0.1, -0.05) is 6.07 Å². The molecule has 2 N–H and O–H groups in total. The van der Waals surface area contributed by atoms with Crippen LogP contribution in [0.4, 0.5) is 5.69 Å². The van der Waals surface area contributed by atoms with Crippen LogP contribution in [0, 0.1) is 0 Å². The molecule has 112 valence electrons. The number of rotatable bonds is 6. The molecule has 2 rings (SSSR count). The van der Waals surface area contributed by atoms with E-state index < -0.39 is 0 Å². The third kappa shape index (κ3) is 4.04. The smallest absolute Gasteiger partial charge is 0.172 e. The Kier molecular flexibility index (Phi) is 5.33. The molecule has 2 aromatic carbocycles. The van der Waals surface area contributed by atoms with Crippen LogP contribution in [-0.4, -0.2) is 18.8 Å². The Labute approximate surface area is 132 Å². The molecule has 0 atom stereocenters. The Hall–Kier alpha value is -1.88. The number of halogens is 1. The molecule has 0 amide bonds. The first-order valence-electron chi connectivity index (χ1n) is 6.66. The average molecular weight is 352 g/mol. The van der Waals surface area contributed by atoms with Crippen LogP contribution >= 0.6 is 15.9 Å². The highest BCUT2D eigenvalue weighted by Gasteiger charge is 2.08. The van der Waals surface area contributed by atoms with Gasteiger partial charge in [0.15, 0.2) is 11.5 Å². The van der Waals surface area contributed by atoms with Crippen LogP contribution in [0.3, 0.4) is 0 Å². The van der Waals surface area contributed by atoms with Crippen molar-refractivity contribution in [2.45, 2.75) is 13.5 Å². The second-order valence-electron chi connectivity index (χ2n) is 4.44. The molecule has 2 aromatic rings. The van der Waals surface area contributed by atoms with Crippen molar-refractivity contribution in [1.29, 1.82) is 0 Å². The molecule has 0 saturated heterocycles. The molecule has 0 saturated carbocycles. The minimum atomic E-state index is 0.111. The Morgan fingerprint density at radius 2 is 2.05 bits per heavy atom. The summed E-state index contributed by atoms with van der Waals surface area (Å²) in [6.45, 7) is 3.22. The normalized spacial score (nSPS) is 10.2. The number of aromatic hydroxyl groups is 1. The van der Waals surface area contributed by atoms with Gasteiger partial charge in [0.1, 0.15) is 5.75 Å². The van der Waals surface area contributed by atoms with Gasteiger partial charge in [0.25, 0.3) is 0 Å². The summed E-state index contributed by atoms with van der Waals surface area (Å²) in [4.78, 5) is 0. The molecule has 0 fully saturated rings. The van der Waals surface area contributed by atoms with E-state index in [1.165, 1.54) is 7.11 Å². The van der Waals surface area contributed by atoms with E-state index in [2.05, 4.69) is 21.2 Å². The summed E-state index contributed by atoms with van der Waals surface area (Å²) in [5.74, 6) is 1.40. The van der Waals surface area contributed by atoms with Crippen molar-refractivity contribution in [2.75, 3.05) is 19.0 Å². The Balaban J connectivity index is 2.09. The summed E-state index contributed by atoms with van der Waals surface area (Å²) in [5.41, 5.74) is 1.97. The van der Waals surface area contributed by atoms with Crippen molar-refractivity contribution >= 4 is 21.6 Å². The predicted octanol–water partition coefficient (Wildman–Crippen LogP) is 4.17. The fourth-order valence-corrected chi connectivity index (χ4v) is 2.44. The molecule has 0 aliphatic heterocycles. The number of ether oxygens (including phenoxy) is 2. The van der Waals surface area contributed by atoms with Gasteiger partial charge in [-0.2, -0.15) is 0 Å². The van der Waals surface area contributed by atoms with Crippen LogP contribution < -0.4 is 14.8 Å². The number of phenolic OH excluding ortho intramolecular Hbond substituents is 1. The van der Waals surface area contributed by atoms with Crippen molar-refractivity contribution in [3.05, 3.63) is 46.4 Å². The van der Waals surface area contributed by atoms with Gasteiger partial charge in [0.05, 0.1) is 18.2 Å². The molecule has 0 unspecified atom stereocenters. The van der Waals surface area contributed by atoms with E-state index in [4.69, 9.17) is 9.47 Å². The van der Waals surface area contributed by atoms with Gasteiger partial charge in [-0.3, -0.25) is 0 Å². The lowest BCUT2D eigenvalue weighted by Crippen LogP contribution is -2.01. The lowest BCUT2D eigenvalue weighted by molar-refractivity contribution is 0.340. The van der Waals surface area contributed by atoms with Crippen molar-refractivity contribution in [2.24, 2.45) is 0 Å². The molecule has 21 heavy (non-hydrogen) atoms. The second kappa shape index (κ2) is 7.22. The zero-order valence-corrected chi connectivity index (χ0v) is 13.6. The summed E-state index contributed by atoms with van der Waals surface area (Å²) < 4.78 is 11.2. The Bertz CT molecular complexity index is 616. The SMILES string of the molecule is CCOc1cccc(NCc2cc(Br)c(O)c(OC)c2)c1. The van der Waals surface area contributed by atoms with Crippen molar-refractivity contribution in [3.63, 3.8) is 0 Å². The van der Waals surface area contributed by atoms with E-state index in [9.17, 15) is 5.11 Å². The van der Waals surface area contributed by atoms with Crippen LogP contribution in [0.1, 0.15) is 12.5 Å². The topological polar surface area (TPSA) is 50.7 Å². The molecule has 5 heteroatoms. The Morgan fingerprint density at radius 3 is 2.76 bits per heavy atom. The van der Waals surface area contributed by atoms with Crippen molar-refractivity contribution < 1.29 is 14.6 Å². The van der Waals surface area contributed by atoms with Crippen molar-refractivity contribution in [1.82, 2.24) is 0 Å². The fraction of sp³-hybridized carbons (Fsp3) is 0.250. The molecule has 0 aliphatic rings. The van der Waals surface area contributed by atoms with Gasteiger partial charge >= 0.3 is 0 Å². The number of benzene rings is 2. The lowest BCUT2D eigenvalue weighted by atomic mass is 10.2. The molecule has 0 aliphatic carbocycles. The quantitative estimate of drug-likeness (QED) is 0.819. The summed E-state index contributed by atoms with van der Waals surface area (Å²) in [5, 5.41) is 13.1. The first kappa shape index (κ1) is 15.5. The van der Waals surface area contributed by atoms with Gasteiger partial charge in [-0.25, -0.2) is 0 Å². The number of hydrogen-bond acceptors (Lipinski definition) is 4. The molecular weight excluding hydrogens is 334 g/mol. The highest BCUT2D eigenvalue weighted by atomic mass is 79.9. The third-order valence-electron chi connectivity index (χ3n) is 2.95. The summed E-state index contributed by atoms with van der Waals surface area (Å²) in [6.07, 6.45) is 0. The van der Waals surface area contributed by atoms with Gasteiger partial charge in [0.2, 0.25) is 0 Å². The van der Waals surface area contributed by atoms with Gasteiger partial charge in [-0.05, 0) is 52.7 Å². The maximum Gasteiger partial charge on any atom is 0.172 e. The maximum atomic E-state index is 9.79. The van der Waals surface area contributed by atoms with Crippen LogP contribution in [0.2, 0.25) is 0 Å². The molecule has 0 heterocycles. The molecule has 0 bridgehead atoms. The van der Waals surface area contributed by atoms with E-state index in [0.29, 0.717) is 23.4 Å². The van der Waals surface area contributed by atoms with Gasteiger partial charge < -0.3 is 19.9 Å². The zero-order chi connectivity index (χ0) is 15.2. The molecule has 4 nitrogen and oxygen atoms in total. The standard InChI is InChI=1S/C16H18BrNO3/c1-3-21-13-6-4-5-12(9-13)18-10-11-7-14(17)16(19)15(8-11)20-2/h4-9,18-19H,3,10H2,1-2H3. The lowest BCUT2D eigenvalue weighted by Gasteiger charge is -2.11. The van der Waals surface area contributed by atoms with Crippen LogP contribution in [0.15, 0.2) is 40.9 Å². The highest BCUT2D eigenvalue weighted by Crippen LogP contribution is 2.35. The predicted molar refractivity (Wildman–Crippen MR) is 87.3 cm³/mol. The summed E-state index contributed by atoms with van der Waals surface area (Å²) in [7, 11) is 1.53. The number of nitrogens with one attached hydrogen (secondary N) is 1. The van der Waals surface area contributed by atoms with Crippen LogP contribution in [-0.2, 0) is 6.54 Å². The molecule has 0 spiro atoms. The fourth-order valence-electron chi connectivity index (χ4n) is 1.95. The highest BCUT2D eigenvalue weighted by molar-refractivity contribution is 9.10.